The van der Waals surface area contributed by atoms with Crippen molar-refractivity contribution in [2.45, 2.75) is 25.4 Å². The van der Waals surface area contributed by atoms with E-state index in [-0.39, 0.29) is 0 Å². The van der Waals surface area contributed by atoms with Crippen molar-refractivity contribution in [2.75, 3.05) is 0 Å². The lowest BCUT2D eigenvalue weighted by molar-refractivity contribution is -0.141. The first-order valence-electron chi connectivity index (χ1n) is 4.27. The quantitative estimate of drug-likeness (QED) is 0.712. The first kappa shape index (κ1) is 11.7. The Morgan fingerprint density at radius 2 is 1.87 bits per heavy atom. The highest BCUT2D eigenvalue weighted by Crippen LogP contribution is 2.28. The number of carbonyl (C=O) groups excluding carboxylic acids is 1. The average Bonchev–Trinajstić information content (AvgIpc) is 2.17. The van der Waals surface area contributed by atoms with Crippen LogP contribution in [0, 0.1) is 0 Å². The third-order valence-corrected chi connectivity index (χ3v) is 2.09. The summed E-state index contributed by atoms with van der Waals surface area (Å²) in [6, 6.07) is 2.14. The van der Waals surface area contributed by atoms with Crippen LogP contribution in [0.1, 0.15) is 25.1 Å². The van der Waals surface area contributed by atoms with Crippen molar-refractivity contribution in [2.24, 2.45) is 0 Å². The number of carbonyl (C=O) groups is 1. The number of aldehydes is 1. The molecule has 1 aromatic heterocycles. The maximum absolute atomic E-state index is 12.2. The van der Waals surface area contributed by atoms with Crippen LogP contribution in [0.5, 0.6) is 0 Å². The Morgan fingerprint density at radius 3 is 2.20 bits per heavy atom. The molecular weight excluding hydrogens is 207 g/mol. The van der Waals surface area contributed by atoms with Crippen LogP contribution < -0.4 is 0 Å². The maximum atomic E-state index is 12.2. The lowest BCUT2D eigenvalue weighted by Gasteiger charge is -2.17. The number of aromatic nitrogens is 1. The normalized spacial score (nSPS) is 12.6. The Kier molecular flexibility index (Phi) is 2.83. The highest BCUT2D eigenvalue weighted by molar-refractivity contribution is 5.66. The molecule has 82 valence electrons. The predicted molar refractivity (Wildman–Crippen MR) is 48.3 cm³/mol. The van der Waals surface area contributed by atoms with Gasteiger partial charge in [-0.15, -0.1) is 0 Å². The summed E-state index contributed by atoms with van der Waals surface area (Å²) >= 11 is 0. The summed E-state index contributed by atoms with van der Waals surface area (Å²) in [6.45, 7) is 3.23. The molecule has 0 bridgehead atoms. The summed E-state index contributed by atoms with van der Waals surface area (Å²) in [4.78, 5) is 13.9. The molecule has 1 rings (SSSR count). The number of halogens is 3. The van der Waals surface area contributed by atoms with Gasteiger partial charge in [0.1, 0.15) is 12.0 Å². The van der Waals surface area contributed by atoms with E-state index in [9.17, 15) is 18.0 Å². The minimum atomic E-state index is -4.44. The second-order valence-electron chi connectivity index (χ2n) is 3.77. The van der Waals surface area contributed by atoms with Crippen molar-refractivity contribution in [3.05, 3.63) is 29.6 Å². The van der Waals surface area contributed by atoms with Crippen LogP contribution in [0.2, 0.25) is 0 Å². The topological polar surface area (TPSA) is 30.0 Å². The van der Waals surface area contributed by atoms with E-state index in [1.165, 1.54) is 6.07 Å². The van der Waals surface area contributed by atoms with Gasteiger partial charge in [-0.25, -0.2) is 0 Å². The fourth-order valence-corrected chi connectivity index (χ4v) is 1.01. The molecule has 0 aliphatic carbocycles. The van der Waals surface area contributed by atoms with Crippen LogP contribution in [0.25, 0.3) is 0 Å². The second kappa shape index (κ2) is 3.64. The Bertz CT molecular complexity index is 354. The summed E-state index contributed by atoms with van der Waals surface area (Å²) < 4.78 is 36.5. The summed E-state index contributed by atoms with van der Waals surface area (Å²) in [5.41, 5.74) is -1.30. The van der Waals surface area contributed by atoms with E-state index in [2.05, 4.69) is 4.98 Å². The van der Waals surface area contributed by atoms with Crippen molar-refractivity contribution in [3.8, 4) is 0 Å². The number of alkyl halides is 3. The van der Waals surface area contributed by atoms with E-state index in [4.69, 9.17) is 0 Å². The molecule has 1 heterocycles. The van der Waals surface area contributed by atoms with Crippen LogP contribution in [-0.4, -0.2) is 11.3 Å². The van der Waals surface area contributed by atoms with Gasteiger partial charge in [-0.1, -0.05) is 6.07 Å². The van der Waals surface area contributed by atoms with Gasteiger partial charge in [0.25, 0.3) is 0 Å². The van der Waals surface area contributed by atoms with Crippen molar-refractivity contribution in [1.29, 1.82) is 0 Å². The lowest BCUT2D eigenvalue weighted by atomic mass is 9.87. The second-order valence-corrected chi connectivity index (χ2v) is 3.77. The molecule has 2 nitrogen and oxygen atoms in total. The van der Waals surface area contributed by atoms with Gasteiger partial charge >= 0.3 is 6.18 Å². The van der Waals surface area contributed by atoms with Gasteiger partial charge in [-0.2, -0.15) is 13.2 Å². The van der Waals surface area contributed by atoms with E-state index >= 15 is 0 Å². The molecule has 0 radical (unpaired) electrons. The van der Waals surface area contributed by atoms with Crippen molar-refractivity contribution < 1.29 is 18.0 Å². The summed E-state index contributed by atoms with van der Waals surface area (Å²) in [6.07, 6.45) is -2.68. The molecule has 1 aromatic rings. The summed E-state index contributed by atoms with van der Waals surface area (Å²) in [7, 11) is 0. The fraction of sp³-hybridized carbons (Fsp3) is 0.400. The molecule has 0 aliphatic rings. The zero-order chi connectivity index (χ0) is 11.7. The largest absolute Gasteiger partial charge is 0.433 e. The molecule has 15 heavy (non-hydrogen) atoms. The first-order valence-corrected chi connectivity index (χ1v) is 4.27. The molecule has 0 aliphatic heterocycles. The van der Waals surface area contributed by atoms with E-state index in [0.29, 0.717) is 11.8 Å². The number of nitrogens with zero attached hydrogens (tertiary/aromatic N) is 1. The van der Waals surface area contributed by atoms with Crippen molar-refractivity contribution >= 4 is 6.29 Å². The van der Waals surface area contributed by atoms with Gasteiger partial charge in [0.15, 0.2) is 0 Å². The number of hydrogen-bond donors (Lipinski definition) is 0. The standard InChI is InChI=1S/C10H10F3NO/c1-9(2,6-15)7-3-4-8(14-5-7)10(11,12)13/h3-6H,1-2H3. The highest BCUT2D eigenvalue weighted by atomic mass is 19.4. The van der Waals surface area contributed by atoms with Crippen LogP contribution in [-0.2, 0) is 16.4 Å². The Balaban J connectivity index is 3.06. The molecule has 0 aromatic carbocycles. The third-order valence-electron chi connectivity index (χ3n) is 2.09. The average molecular weight is 217 g/mol. The Hall–Kier alpha value is -1.39. The minimum absolute atomic E-state index is 0.463. The SMILES string of the molecule is CC(C)(C=O)c1ccc(C(F)(F)F)nc1. The molecule has 0 saturated heterocycles. The molecule has 0 saturated carbocycles. The van der Waals surface area contributed by atoms with Crippen LogP contribution in [0.3, 0.4) is 0 Å². The van der Waals surface area contributed by atoms with Gasteiger partial charge in [-0.3, -0.25) is 4.98 Å². The Labute approximate surface area is 85.1 Å². The molecule has 0 unspecified atom stereocenters. The smallest absolute Gasteiger partial charge is 0.302 e. The maximum Gasteiger partial charge on any atom is 0.433 e. The predicted octanol–water partition coefficient (Wildman–Crippen LogP) is 2.58. The van der Waals surface area contributed by atoms with E-state index in [1.54, 1.807) is 13.8 Å². The molecule has 0 N–H and O–H groups in total. The molecule has 0 amide bonds. The highest BCUT2D eigenvalue weighted by Gasteiger charge is 2.32. The molecule has 0 spiro atoms. The van der Waals surface area contributed by atoms with Gasteiger partial charge in [0.2, 0.25) is 0 Å². The van der Waals surface area contributed by atoms with Gasteiger partial charge in [-0.05, 0) is 25.5 Å². The third kappa shape index (κ3) is 2.55. The lowest BCUT2D eigenvalue weighted by Crippen LogP contribution is -2.19. The molecule has 0 atom stereocenters. The van der Waals surface area contributed by atoms with E-state index < -0.39 is 17.3 Å². The van der Waals surface area contributed by atoms with Crippen LogP contribution >= 0.6 is 0 Å². The van der Waals surface area contributed by atoms with Crippen molar-refractivity contribution in [3.63, 3.8) is 0 Å². The number of pyridine rings is 1. The molecular formula is C10H10F3NO. The van der Waals surface area contributed by atoms with E-state index in [0.717, 1.165) is 12.3 Å². The molecule has 0 fully saturated rings. The van der Waals surface area contributed by atoms with Crippen molar-refractivity contribution in [1.82, 2.24) is 4.98 Å². The van der Waals surface area contributed by atoms with Gasteiger partial charge in [0.05, 0.1) is 0 Å². The number of hydrogen-bond acceptors (Lipinski definition) is 2. The number of rotatable bonds is 2. The summed E-state index contributed by atoms with van der Waals surface area (Å²) in [5, 5.41) is 0. The zero-order valence-corrected chi connectivity index (χ0v) is 8.30. The van der Waals surface area contributed by atoms with Gasteiger partial charge < -0.3 is 4.79 Å². The molecule has 5 heteroatoms. The van der Waals surface area contributed by atoms with Crippen LogP contribution in [0.4, 0.5) is 13.2 Å². The van der Waals surface area contributed by atoms with E-state index in [1.807, 2.05) is 0 Å². The van der Waals surface area contributed by atoms with Gasteiger partial charge in [0, 0.05) is 11.6 Å². The monoisotopic (exact) mass is 217 g/mol. The minimum Gasteiger partial charge on any atom is -0.302 e. The zero-order valence-electron chi connectivity index (χ0n) is 8.30. The fourth-order valence-electron chi connectivity index (χ4n) is 1.01. The summed E-state index contributed by atoms with van der Waals surface area (Å²) in [5.74, 6) is 0. The first-order chi connectivity index (χ1) is 6.77. The van der Waals surface area contributed by atoms with Crippen LogP contribution in [0.15, 0.2) is 18.3 Å². The Morgan fingerprint density at radius 1 is 1.27 bits per heavy atom.